The van der Waals surface area contributed by atoms with Gasteiger partial charge in [-0.05, 0) is 16.7 Å². The van der Waals surface area contributed by atoms with E-state index in [1.807, 2.05) is 91.0 Å². The lowest BCUT2D eigenvalue weighted by Gasteiger charge is -2.29. The van der Waals surface area contributed by atoms with E-state index in [1.165, 1.54) is 4.90 Å². The molecule has 0 aliphatic carbocycles. The highest BCUT2D eigenvalue weighted by Gasteiger charge is 2.43. The number of carbonyl (C=O) groups excluding carboxylic acids is 2. The minimum absolute atomic E-state index is 0.150. The number of hydrogen-bond donors (Lipinski definition) is 0. The van der Waals surface area contributed by atoms with E-state index in [0.717, 1.165) is 16.7 Å². The quantitative estimate of drug-likeness (QED) is 0.552. The van der Waals surface area contributed by atoms with E-state index in [2.05, 4.69) is 6.58 Å². The Morgan fingerprint density at radius 1 is 0.900 bits per heavy atom. The zero-order valence-corrected chi connectivity index (χ0v) is 16.6. The molecule has 0 aromatic heterocycles. The number of carbonyl (C=O) groups is 2. The lowest BCUT2D eigenvalue weighted by atomic mass is 9.84. The van der Waals surface area contributed by atoms with Crippen LogP contribution >= 0.6 is 0 Å². The van der Waals surface area contributed by atoms with Gasteiger partial charge in [0.1, 0.15) is 6.61 Å². The number of nitrogens with zero attached hydrogens (tertiary/aromatic N) is 1. The summed E-state index contributed by atoms with van der Waals surface area (Å²) >= 11 is 0. The molecule has 1 heterocycles. The molecule has 1 unspecified atom stereocenters. The molecule has 1 aliphatic heterocycles. The molecule has 150 valence electrons. The smallest absolute Gasteiger partial charge is 0.417 e. The van der Waals surface area contributed by atoms with E-state index in [9.17, 15) is 9.59 Å². The van der Waals surface area contributed by atoms with Crippen molar-refractivity contribution >= 4 is 12.0 Å². The number of ether oxygens (including phenoxy) is 1. The Morgan fingerprint density at radius 2 is 1.40 bits per heavy atom. The summed E-state index contributed by atoms with van der Waals surface area (Å²) < 4.78 is 5.35. The lowest BCUT2D eigenvalue weighted by molar-refractivity contribution is -0.125. The van der Waals surface area contributed by atoms with Crippen molar-refractivity contribution in [1.29, 1.82) is 0 Å². The van der Waals surface area contributed by atoms with Gasteiger partial charge in [-0.3, -0.25) is 4.79 Å². The molecule has 1 saturated heterocycles. The van der Waals surface area contributed by atoms with Crippen LogP contribution in [0.2, 0.25) is 0 Å². The molecule has 0 N–H and O–H groups in total. The number of hydrogen-bond acceptors (Lipinski definition) is 3. The maximum absolute atomic E-state index is 13.3. The molecule has 3 aromatic rings. The fourth-order valence-electron chi connectivity index (χ4n) is 3.96. The molecule has 0 spiro atoms. The van der Waals surface area contributed by atoms with Crippen LogP contribution in [0.15, 0.2) is 103 Å². The predicted octanol–water partition coefficient (Wildman–Crippen LogP) is 4.96. The maximum Gasteiger partial charge on any atom is 0.417 e. The number of cyclic esters (lactones) is 1. The number of amides is 2. The summed E-state index contributed by atoms with van der Waals surface area (Å²) in [6.45, 7) is 4.12. The molecule has 1 fully saturated rings. The van der Waals surface area contributed by atoms with Gasteiger partial charge in [0.05, 0.1) is 6.04 Å². The first-order valence-corrected chi connectivity index (χ1v) is 9.97. The average molecular weight is 397 g/mol. The van der Waals surface area contributed by atoms with Crippen LogP contribution in [0.1, 0.15) is 22.6 Å². The van der Waals surface area contributed by atoms with Crippen molar-refractivity contribution in [1.82, 2.24) is 4.90 Å². The van der Waals surface area contributed by atoms with Crippen LogP contribution < -0.4 is 0 Å². The highest BCUT2D eigenvalue weighted by atomic mass is 16.6. The largest absolute Gasteiger partial charge is 0.447 e. The summed E-state index contributed by atoms with van der Waals surface area (Å²) in [5.74, 6) is -0.574. The Balaban J connectivity index is 1.66. The average Bonchev–Trinajstić information content (AvgIpc) is 3.16. The van der Waals surface area contributed by atoms with Crippen LogP contribution in [-0.4, -0.2) is 29.5 Å². The molecule has 30 heavy (non-hydrogen) atoms. The first-order valence-electron chi connectivity index (χ1n) is 9.97. The molecule has 1 aliphatic rings. The van der Waals surface area contributed by atoms with Crippen LogP contribution in [0, 0.1) is 0 Å². The topological polar surface area (TPSA) is 46.6 Å². The summed E-state index contributed by atoms with van der Waals surface area (Å²) in [4.78, 5) is 27.1. The highest BCUT2D eigenvalue weighted by molar-refractivity contribution is 6.03. The van der Waals surface area contributed by atoms with Crippen LogP contribution in [-0.2, 0) is 16.0 Å². The second kappa shape index (κ2) is 8.78. The van der Waals surface area contributed by atoms with Crippen molar-refractivity contribution in [2.24, 2.45) is 0 Å². The minimum Gasteiger partial charge on any atom is -0.447 e. The Hall–Kier alpha value is -3.66. The second-order valence-corrected chi connectivity index (χ2v) is 7.38. The first kappa shape index (κ1) is 19.6. The monoisotopic (exact) mass is 397 g/mol. The van der Waals surface area contributed by atoms with Crippen molar-refractivity contribution in [2.75, 3.05) is 6.61 Å². The molecule has 4 nitrogen and oxygen atoms in total. The van der Waals surface area contributed by atoms with Gasteiger partial charge in [0.2, 0.25) is 0 Å². The Morgan fingerprint density at radius 3 is 1.93 bits per heavy atom. The van der Waals surface area contributed by atoms with Crippen molar-refractivity contribution in [3.63, 3.8) is 0 Å². The third-order valence-electron chi connectivity index (χ3n) is 5.39. The highest BCUT2D eigenvalue weighted by Crippen LogP contribution is 2.35. The second-order valence-electron chi connectivity index (χ2n) is 7.38. The standard InChI is InChI=1S/C26H23NO3/c1-19(17-20-11-5-2-6-12-20)25(28)27-23(18-30-26(27)29)24(21-13-7-3-8-14-21)22-15-9-4-10-16-22/h2-16,23-24H,1,17-18H2. The number of imide groups is 1. The molecular weight excluding hydrogens is 374 g/mol. The van der Waals surface area contributed by atoms with E-state index < -0.39 is 12.1 Å². The van der Waals surface area contributed by atoms with Gasteiger partial charge in [0.15, 0.2) is 0 Å². The predicted molar refractivity (Wildman–Crippen MR) is 116 cm³/mol. The van der Waals surface area contributed by atoms with Gasteiger partial charge in [-0.15, -0.1) is 0 Å². The summed E-state index contributed by atoms with van der Waals surface area (Å²) in [6.07, 6.45) is -0.228. The minimum atomic E-state index is -0.615. The molecule has 0 radical (unpaired) electrons. The molecule has 4 rings (SSSR count). The van der Waals surface area contributed by atoms with E-state index in [-0.39, 0.29) is 18.4 Å². The fraction of sp³-hybridized carbons (Fsp3) is 0.154. The Bertz CT molecular complexity index is 992. The lowest BCUT2D eigenvalue weighted by Crippen LogP contribution is -2.43. The van der Waals surface area contributed by atoms with Gasteiger partial charge in [-0.2, -0.15) is 0 Å². The first-order chi connectivity index (χ1) is 14.6. The summed E-state index contributed by atoms with van der Waals surface area (Å²) in [5, 5.41) is 0. The Labute approximate surface area is 176 Å². The van der Waals surface area contributed by atoms with Crippen molar-refractivity contribution < 1.29 is 14.3 Å². The SMILES string of the molecule is C=C(Cc1ccccc1)C(=O)N1C(=O)OCC1C(c1ccccc1)c1ccccc1. The maximum atomic E-state index is 13.3. The molecular formula is C26H23NO3. The van der Waals surface area contributed by atoms with E-state index in [4.69, 9.17) is 4.74 Å². The molecule has 1 atom stereocenters. The van der Waals surface area contributed by atoms with Gasteiger partial charge in [0.25, 0.3) is 5.91 Å². The van der Waals surface area contributed by atoms with Crippen LogP contribution in [0.5, 0.6) is 0 Å². The van der Waals surface area contributed by atoms with Crippen LogP contribution in [0.3, 0.4) is 0 Å². The van der Waals surface area contributed by atoms with E-state index in [1.54, 1.807) is 0 Å². The van der Waals surface area contributed by atoms with E-state index >= 15 is 0 Å². The zero-order valence-electron chi connectivity index (χ0n) is 16.6. The molecule has 0 saturated carbocycles. The Kier molecular flexibility index (Phi) is 5.75. The van der Waals surface area contributed by atoms with Gasteiger partial charge < -0.3 is 4.74 Å². The molecule has 4 heteroatoms. The summed E-state index contributed by atoms with van der Waals surface area (Å²) in [7, 11) is 0. The van der Waals surface area contributed by atoms with Crippen molar-refractivity contribution in [3.8, 4) is 0 Å². The molecule has 2 amide bonds. The number of rotatable bonds is 6. The van der Waals surface area contributed by atoms with E-state index in [0.29, 0.717) is 12.0 Å². The van der Waals surface area contributed by atoms with Gasteiger partial charge >= 0.3 is 6.09 Å². The zero-order chi connectivity index (χ0) is 20.9. The van der Waals surface area contributed by atoms with Crippen LogP contribution in [0.25, 0.3) is 0 Å². The summed E-state index contributed by atoms with van der Waals surface area (Å²) in [6, 6.07) is 29.0. The third kappa shape index (κ3) is 4.03. The molecule has 0 bridgehead atoms. The van der Waals surface area contributed by atoms with Gasteiger partial charge in [0, 0.05) is 17.9 Å². The number of benzene rings is 3. The third-order valence-corrected chi connectivity index (χ3v) is 5.39. The van der Waals surface area contributed by atoms with Gasteiger partial charge in [-0.1, -0.05) is 97.6 Å². The van der Waals surface area contributed by atoms with Crippen molar-refractivity contribution in [3.05, 3.63) is 120 Å². The normalized spacial score (nSPS) is 15.8. The van der Waals surface area contributed by atoms with Crippen molar-refractivity contribution in [2.45, 2.75) is 18.4 Å². The van der Waals surface area contributed by atoms with Crippen LogP contribution in [0.4, 0.5) is 4.79 Å². The summed E-state index contributed by atoms with van der Waals surface area (Å²) in [5.41, 5.74) is 3.39. The molecule has 3 aromatic carbocycles. The van der Waals surface area contributed by atoms with Gasteiger partial charge in [-0.25, -0.2) is 9.69 Å². The fourth-order valence-corrected chi connectivity index (χ4v) is 3.96.